The first-order valence-corrected chi connectivity index (χ1v) is 12.5. The minimum atomic E-state index is -0.477. The number of carbonyl (C=O) groups is 1. The molecular weight excluding hydrogens is 462 g/mol. The molecule has 0 unspecified atom stereocenters. The van der Waals surface area contributed by atoms with Gasteiger partial charge in [0.25, 0.3) is 0 Å². The quantitative estimate of drug-likeness (QED) is 0.322. The van der Waals surface area contributed by atoms with Crippen molar-refractivity contribution in [3.63, 3.8) is 0 Å². The standard InChI is InChI=1S/C29H31N7O/c30-26-27(33-34-29(37)25(23-12-6-2-7-13-23)24-14-8-3-9-15-24)31-21-32-28(26)36-18-16-35(17-19-36)20-22-10-4-1-5-11-22/h1-15,21,25H,16-20,30H2,(H,34,37)(H,31,32,33). The van der Waals surface area contributed by atoms with E-state index in [0.717, 1.165) is 43.9 Å². The van der Waals surface area contributed by atoms with Gasteiger partial charge < -0.3 is 10.6 Å². The number of hydrogen-bond donors (Lipinski definition) is 3. The van der Waals surface area contributed by atoms with E-state index >= 15 is 0 Å². The average Bonchev–Trinajstić information content (AvgIpc) is 2.95. The number of carbonyl (C=O) groups excluding carboxylic acids is 1. The van der Waals surface area contributed by atoms with Gasteiger partial charge >= 0.3 is 0 Å². The monoisotopic (exact) mass is 493 g/mol. The first-order valence-electron chi connectivity index (χ1n) is 12.5. The Bertz CT molecular complexity index is 1250. The topological polar surface area (TPSA) is 99.4 Å². The molecule has 5 rings (SSSR count). The van der Waals surface area contributed by atoms with Gasteiger partial charge in [0, 0.05) is 32.7 Å². The van der Waals surface area contributed by atoms with Crippen LogP contribution in [0.25, 0.3) is 0 Å². The summed E-state index contributed by atoms with van der Waals surface area (Å²) in [6, 6.07) is 29.9. The number of piperazine rings is 1. The van der Waals surface area contributed by atoms with E-state index in [-0.39, 0.29) is 5.91 Å². The third-order valence-corrected chi connectivity index (χ3v) is 6.62. The Balaban J connectivity index is 1.24. The van der Waals surface area contributed by atoms with Crippen LogP contribution in [0.3, 0.4) is 0 Å². The number of nitrogens with two attached hydrogens (primary N) is 1. The molecule has 8 heteroatoms. The van der Waals surface area contributed by atoms with Gasteiger partial charge in [0.05, 0.1) is 5.92 Å². The zero-order valence-electron chi connectivity index (χ0n) is 20.6. The molecule has 3 aromatic carbocycles. The van der Waals surface area contributed by atoms with Crippen molar-refractivity contribution in [3.8, 4) is 0 Å². The number of benzene rings is 3. The summed E-state index contributed by atoms with van der Waals surface area (Å²) >= 11 is 0. The van der Waals surface area contributed by atoms with E-state index in [4.69, 9.17) is 5.73 Å². The first-order chi connectivity index (χ1) is 18.2. The van der Waals surface area contributed by atoms with Gasteiger partial charge in [-0.2, -0.15) is 0 Å². The van der Waals surface area contributed by atoms with Gasteiger partial charge in [-0.3, -0.25) is 20.5 Å². The van der Waals surface area contributed by atoms with Gasteiger partial charge in [0.15, 0.2) is 11.6 Å². The fourth-order valence-electron chi connectivity index (χ4n) is 4.68. The fourth-order valence-corrected chi connectivity index (χ4v) is 4.68. The minimum Gasteiger partial charge on any atom is -0.393 e. The number of anilines is 3. The summed E-state index contributed by atoms with van der Waals surface area (Å²) < 4.78 is 0. The second-order valence-electron chi connectivity index (χ2n) is 9.08. The highest BCUT2D eigenvalue weighted by Crippen LogP contribution is 2.28. The SMILES string of the molecule is Nc1c(NNC(=O)C(c2ccccc2)c2ccccc2)ncnc1N1CCN(Cc2ccccc2)CC1. The van der Waals surface area contributed by atoms with Gasteiger partial charge in [-0.1, -0.05) is 91.0 Å². The number of nitrogen functional groups attached to an aromatic ring is 1. The molecule has 1 saturated heterocycles. The van der Waals surface area contributed by atoms with Gasteiger partial charge in [-0.05, 0) is 16.7 Å². The molecule has 1 fully saturated rings. The van der Waals surface area contributed by atoms with Crippen molar-refractivity contribution < 1.29 is 4.79 Å². The van der Waals surface area contributed by atoms with Crippen molar-refractivity contribution in [1.82, 2.24) is 20.3 Å². The Morgan fingerprint density at radius 2 is 1.38 bits per heavy atom. The molecule has 1 aliphatic rings. The van der Waals surface area contributed by atoms with Crippen molar-refractivity contribution >= 4 is 23.2 Å². The second kappa shape index (κ2) is 11.5. The Morgan fingerprint density at radius 3 is 1.97 bits per heavy atom. The van der Waals surface area contributed by atoms with Crippen LogP contribution in [-0.2, 0) is 11.3 Å². The molecule has 1 amide bonds. The molecule has 8 nitrogen and oxygen atoms in total. The van der Waals surface area contributed by atoms with E-state index < -0.39 is 5.92 Å². The molecular formula is C29H31N7O. The summed E-state index contributed by atoms with van der Waals surface area (Å²) in [5.41, 5.74) is 15.7. The van der Waals surface area contributed by atoms with Crippen LogP contribution in [0, 0.1) is 0 Å². The van der Waals surface area contributed by atoms with E-state index in [2.05, 4.69) is 54.9 Å². The number of aromatic nitrogens is 2. The Labute approximate surface area is 217 Å². The normalized spacial score (nSPS) is 13.9. The maximum Gasteiger partial charge on any atom is 0.250 e. The molecule has 188 valence electrons. The summed E-state index contributed by atoms with van der Waals surface area (Å²) in [5, 5.41) is 0. The summed E-state index contributed by atoms with van der Waals surface area (Å²) in [5.74, 6) is 0.375. The minimum absolute atomic E-state index is 0.202. The highest BCUT2D eigenvalue weighted by Gasteiger charge is 2.24. The van der Waals surface area contributed by atoms with Crippen molar-refractivity contribution in [1.29, 1.82) is 0 Å². The van der Waals surface area contributed by atoms with Crippen LogP contribution >= 0.6 is 0 Å². The molecule has 0 saturated carbocycles. The van der Waals surface area contributed by atoms with E-state index in [0.29, 0.717) is 17.3 Å². The lowest BCUT2D eigenvalue weighted by atomic mass is 9.91. The summed E-state index contributed by atoms with van der Waals surface area (Å²) in [4.78, 5) is 26.7. The lowest BCUT2D eigenvalue weighted by molar-refractivity contribution is -0.121. The van der Waals surface area contributed by atoms with Crippen LogP contribution in [0.1, 0.15) is 22.6 Å². The molecule has 1 aromatic heterocycles. The molecule has 1 aliphatic heterocycles. The van der Waals surface area contributed by atoms with Crippen LogP contribution in [0.2, 0.25) is 0 Å². The Hall–Kier alpha value is -4.43. The van der Waals surface area contributed by atoms with Crippen molar-refractivity contribution in [3.05, 3.63) is 114 Å². The molecule has 0 atom stereocenters. The van der Waals surface area contributed by atoms with Gasteiger partial charge in [0.1, 0.15) is 12.0 Å². The zero-order valence-corrected chi connectivity index (χ0v) is 20.6. The van der Waals surface area contributed by atoms with Crippen molar-refractivity contribution in [2.45, 2.75) is 12.5 Å². The second-order valence-corrected chi connectivity index (χ2v) is 9.08. The van der Waals surface area contributed by atoms with Gasteiger partial charge in [-0.25, -0.2) is 9.97 Å². The third-order valence-electron chi connectivity index (χ3n) is 6.62. The van der Waals surface area contributed by atoms with Crippen LogP contribution in [0.15, 0.2) is 97.3 Å². The van der Waals surface area contributed by atoms with E-state index in [9.17, 15) is 4.79 Å². The number of hydrazine groups is 1. The molecule has 0 aliphatic carbocycles. The van der Waals surface area contributed by atoms with Crippen LogP contribution in [0.5, 0.6) is 0 Å². The Kier molecular flexibility index (Phi) is 7.57. The number of nitrogens with zero attached hydrogens (tertiary/aromatic N) is 4. The predicted molar refractivity (Wildman–Crippen MR) is 147 cm³/mol. The predicted octanol–water partition coefficient (Wildman–Crippen LogP) is 3.66. The lowest BCUT2D eigenvalue weighted by Gasteiger charge is -2.36. The zero-order chi connectivity index (χ0) is 25.5. The fraction of sp³-hybridized carbons (Fsp3) is 0.207. The number of nitrogens with one attached hydrogen (secondary N) is 2. The smallest absolute Gasteiger partial charge is 0.250 e. The van der Waals surface area contributed by atoms with E-state index in [1.807, 2.05) is 66.7 Å². The highest BCUT2D eigenvalue weighted by molar-refractivity contribution is 5.88. The molecule has 0 spiro atoms. The maximum absolute atomic E-state index is 13.3. The number of amides is 1. The van der Waals surface area contributed by atoms with Crippen molar-refractivity contribution in [2.75, 3.05) is 42.2 Å². The summed E-state index contributed by atoms with van der Waals surface area (Å²) in [7, 11) is 0. The molecule has 4 aromatic rings. The van der Waals surface area contributed by atoms with Gasteiger partial charge in [-0.15, -0.1) is 0 Å². The largest absolute Gasteiger partial charge is 0.393 e. The van der Waals surface area contributed by atoms with Gasteiger partial charge in [0.2, 0.25) is 5.91 Å². The molecule has 37 heavy (non-hydrogen) atoms. The molecule has 2 heterocycles. The average molecular weight is 494 g/mol. The van der Waals surface area contributed by atoms with E-state index in [1.54, 1.807) is 0 Å². The molecule has 0 bridgehead atoms. The number of rotatable bonds is 8. The van der Waals surface area contributed by atoms with Crippen LogP contribution in [0.4, 0.5) is 17.3 Å². The van der Waals surface area contributed by atoms with Crippen LogP contribution in [-0.4, -0.2) is 47.0 Å². The number of hydrogen-bond acceptors (Lipinski definition) is 7. The summed E-state index contributed by atoms with van der Waals surface area (Å²) in [6.07, 6.45) is 1.47. The summed E-state index contributed by atoms with van der Waals surface area (Å²) in [6.45, 7) is 4.37. The molecule has 0 radical (unpaired) electrons. The van der Waals surface area contributed by atoms with Crippen molar-refractivity contribution in [2.24, 2.45) is 0 Å². The maximum atomic E-state index is 13.3. The lowest BCUT2D eigenvalue weighted by Crippen LogP contribution is -2.46. The van der Waals surface area contributed by atoms with E-state index in [1.165, 1.54) is 11.9 Å². The third kappa shape index (κ3) is 5.87. The Morgan fingerprint density at radius 1 is 0.811 bits per heavy atom. The molecule has 4 N–H and O–H groups in total. The highest BCUT2D eigenvalue weighted by atomic mass is 16.2. The van der Waals surface area contributed by atoms with Crippen LogP contribution < -0.4 is 21.5 Å². The first kappa shape index (κ1) is 24.3.